The third kappa shape index (κ3) is 3.28. The molecule has 0 unspecified atom stereocenters. The second-order valence-electron chi connectivity index (χ2n) is 3.01. The van der Waals surface area contributed by atoms with Gasteiger partial charge in [0.05, 0.1) is 6.61 Å². The maximum absolute atomic E-state index is 5.38. The second kappa shape index (κ2) is 6.46. The lowest BCUT2D eigenvalue weighted by Gasteiger charge is -2.11. The summed E-state index contributed by atoms with van der Waals surface area (Å²) in [6.45, 7) is 2.72. The van der Waals surface area contributed by atoms with Crippen molar-refractivity contribution in [2.75, 3.05) is 17.3 Å². The highest BCUT2D eigenvalue weighted by atomic mass is 79.9. The Morgan fingerprint density at radius 2 is 1.71 bits per heavy atom. The van der Waals surface area contributed by atoms with Crippen LogP contribution in [-0.2, 0) is 0 Å². The summed E-state index contributed by atoms with van der Waals surface area (Å²) in [5.74, 6) is 1.48. The Balaban J connectivity index is 2.71. The fourth-order valence-corrected chi connectivity index (χ4v) is 3.04. The molecule has 0 saturated carbocycles. The van der Waals surface area contributed by atoms with Crippen LogP contribution >= 0.6 is 31.9 Å². The molecule has 0 aliphatic rings. The zero-order chi connectivity index (χ0) is 10.4. The highest BCUT2D eigenvalue weighted by Crippen LogP contribution is 2.22. The molecule has 0 radical (unpaired) electrons. The highest BCUT2D eigenvalue weighted by Gasteiger charge is 2.07. The van der Waals surface area contributed by atoms with Crippen LogP contribution in [0.5, 0.6) is 5.75 Å². The number of halogens is 2. The SMILES string of the molecule is CCOc1ccc(C(CBr)CBr)cc1. The van der Waals surface area contributed by atoms with Crippen molar-refractivity contribution in [3.8, 4) is 5.75 Å². The Morgan fingerprint density at radius 1 is 1.14 bits per heavy atom. The zero-order valence-electron chi connectivity index (χ0n) is 8.17. The van der Waals surface area contributed by atoms with Gasteiger partial charge < -0.3 is 4.74 Å². The van der Waals surface area contributed by atoms with Crippen LogP contribution in [0.15, 0.2) is 24.3 Å². The molecule has 1 aromatic carbocycles. The van der Waals surface area contributed by atoms with Crippen LogP contribution in [-0.4, -0.2) is 17.3 Å². The monoisotopic (exact) mass is 320 g/mol. The molecule has 0 aliphatic heterocycles. The number of hydrogen-bond donors (Lipinski definition) is 0. The van der Waals surface area contributed by atoms with Gasteiger partial charge >= 0.3 is 0 Å². The summed E-state index contributed by atoms with van der Waals surface area (Å²) < 4.78 is 5.38. The first-order chi connectivity index (χ1) is 6.81. The molecular formula is C11H14Br2O. The first-order valence-corrected chi connectivity index (χ1v) is 6.90. The summed E-state index contributed by atoms with van der Waals surface area (Å²) >= 11 is 7.00. The first-order valence-electron chi connectivity index (χ1n) is 4.66. The fourth-order valence-electron chi connectivity index (χ4n) is 1.22. The minimum atomic E-state index is 0.533. The summed E-state index contributed by atoms with van der Waals surface area (Å²) in [5, 5.41) is 1.96. The lowest BCUT2D eigenvalue weighted by molar-refractivity contribution is 0.340. The van der Waals surface area contributed by atoms with Gasteiger partial charge in [-0.15, -0.1) is 0 Å². The van der Waals surface area contributed by atoms with Crippen LogP contribution in [0.2, 0.25) is 0 Å². The Morgan fingerprint density at radius 3 is 2.14 bits per heavy atom. The number of hydrogen-bond acceptors (Lipinski definition) is 1. The van der Waals surface area contributed by atoms with E-state index < -0.39 is 0 Å². The molecule has 1 rings (SSSR count). The van der Waals surface area contributed by atoms with Crippen molar-refractivity contribution in [2.24, 2.45) is 0 Å². The topological polar surface area (TPSA) is 9.23 Å². The standard InChI is InChI=1S/C11H14Br2O/c1-2-14-11-5-3-9(4-6-11)10(7-12)8-13/h3-6,10H,2,7-8H2,1H3. The molecule has 0 fully saturated rings. The van der Waals surface area contributed by atoms with E-state index in [4.69, 9.17) is 4.74 Å². The minimum Gasteiger partial charge on any atom is -0.494 e. The molecule has 0 atom stereocenters. The molecular weight excluding hydrogens is 308 g/mol. The van der Waals surface area contributed by atoms with Gasteiger partial charge in [0.15, 0.2) is 0 Å². The van der Waals surface area contributed by atoms with E-state index in [9.17, 15) is 0 Å². The number of alkyl halides is 2. The molecule has 1 aromatic rings. The van der Waals surface area contributed by atoms with Crippen molar-refractivity contribution in [2.45, 2.75) is 12.8 Å². The van der Waals surface area contributed by atoms with Crippen molar-refractivity contribution in [3.63, 3.8) is 0 Å². The third-order valence-corrected chi connectivity index (χ3v) is 3.60. The molecule has 0 spiro atoms. The predicted molar refractivity (Wildman–Crippen MR) is 67.9 cm³/mol. The molecule has 0 bridgehead atoms. The van der Waals surface area contributed by atoms with Crippen molar-refractivity contribution >= 4 is 31.9 Å². The summed E-state index contributed by atoms with van der Waals surface area (Å²) in [4.78, 5) is 0. The van der Waals surface area contributed by atoms with E-state index in [0.29, 0.717) is 5.92 Å². The highest BCUT2D eigenvalue weighted by molar-refractivity contribution is 9.09. The van der Waals surface area contributed by atoms with Crippen LogP contribution in [0.4, 0.5) is 0 Å². The van der Waals surface area contributed by atoms with Gasteiger partial charge in [-0.2, -0.15) is 0 Å². The molecule has 0 saturated heterocycles. The van der Waals surface area contributed by atoms with Crippen molar-refractivity contribution in [3.05, 3.63) is 29.8 Å². The van der Waals surface area contributed by atoms with Crippen LogP contribution in [0.25, 0.3) is 0 Å². The molecule has 0 heterocycles. The summed E-state index contributed by atoms with van der Waals surface area (Å²) in [6, 6.07) is 8.30. The summed E-state index contributed by atoms with van der Waals surface area (Å²) in [7, 11) is 0. The van der Waals surface area contributed by atoms with E-state index in [0.717, 1.165) is 23.0 Å². The van der Waals surface area contributed by atoms with E-state index in [1.807, 2.05) is 19.1 Å². The van der Waals surface area contributed by atoms with Crippen LogP contribution in [0.3, 0.4) is 0 Å². The normalized spacial score (nSPS) is 10.6. The quantitative estimate of drug-likeness (QED) is 0.746. The maximum Gasteiger partial charge on any atom is 0.119 e. The van der Waals surface area contributed by atoms with Gasteiger partial charge in [-0.3, -0.25) is 0 Å². The Kier molecular flexibility index (Phi) is 5.56. The molecule has 1 nitrogen and oxygen atoms in total. The largest absolute Gasteiger partial charge is 0.494 e. The second-order valence-corrected chi connectivity index (χ2v) is 4.30. The third-order valence-electron chi connectivity index (χ3n) is 2.04. The van der Waals surface area contributed by atoms with Crippen molar-refractivity contribution in [1.29, 1.82) is 0 Å². The van der Waals surface area contributed by atoms with Gasteiger partial charge in [-0.25, -0.2) is 0 Å². The Bertz CT molecular complexity index is 254. The Hall–Kier alpha value is -0.0200. The molecule has 0 N–H and O–H groups in total. The number of benzene rings is 1. The maximum atomic E-state index is 5.38. The lowest BCUT2D eigenvalue weighted by Crippen LogP contribution is -2.01. The smallest absolute Gasteiger partial charge is 0.119 e. The average Bonchev–Trinajstić information content (AvgIpc) is 2.23. The van der Waals surface area contributed by atoms with E-state index in [1.54, 1.807) is 0 Å². The van der Waals surface area contributed by atoms with E-state index in [-0.39, 0.29) is 0 Å². The minimum absolute atomic E-state index is 0.533. The molecule has 78 valence electrons. The zero-order valence-corrected chi connectivity index (χ0v) is 11.3. The molecule has 14 heavy (non-hydrogen) atoms. The molecule has 0 amide bonds. The first kappa shape index (κ1) is 12.1. The van der Waals surface area contributed by atoms with Gasteiger partial charge in [0, 0.05) is 16.6 Å². The molecule has 3 heteroatoms. The lowest BCUT2D eigenvalue weighted by atomic mass is 10.0. The summed E-state index contributed by atoms with van der Waals surface area (Å²) in [5.41, 5.74) is 1.34. The van der Waals surface area contributed by atoms with Gasteiger partial charge in [0.25, 0.3) is 0 Å². The van der Waals surface area contributed by atoms with Gasteiger partial charge in [-0.1, -0.05) is 44.0 Å². The average molecular weight is 322 g/mol. The molecule has 0 aromatic heterocycles. The van der Waals surface area contributed by atoms with Gasteiger partial charge in [0.2, 0.25) is 0 Å². The Labute approximate surface area is 102 Å². The number of rotatable bonds is 5. The van der Waals surface area contributed by atoms with Crippen molar-refractivity contribution < 1.29 is 4.74 Å². The van der Waals surface area contributed by atoms with E-state index >= 15 is 0 Å². The van der Waals surface area contributed by atoms with E-state index in [2.05, 4.69) is 44.0 Å². The van der Waals surface area contributed by atoms with Gasteiger partial charge in [0.1, 0.15) is 5.75 Å². The number of ether oxygens (including phenoxy) is 1. The fraction of sp³-hybridized carbons (Fsp3) is 0.455. The predicted octanol–water partition coefficient (Wildman–Crippen LogP) is 3.96. The van der Waals surface area contributed by atoms with Gasteiger partial charge in [-0.05, 0) is 24.6 Å². The molecule has 0 aliphatic carbocycles. The van der Waals surface area contributed by atoms with E-state index in [1.165, 1.54) is 5.56 Å². The summed E-state index contributed by atoms with van der Waals surface area (Å²) in [6.07, 6.45) is 0. The van der Waals surface area contributed by atoms with Crippen molar-refractivity contribution in [1.82, 2.24) is 0 Å². The van der Waals surface area contributed by atoms with Crippen LogP contribution < -0.4 is 4.74 Å². The van der Waals surface area contributed by atoms with Crippen LogP contribution in [0.1, 0.15) is 18.4 Å². The van der Waals surface area contributed by atoms with Crippen LogP contribution in [0, 0.1) is 0 Å².